The van der Waals surface area contributed by atoms with Crippen molar-refractivity contribution in [2.45, 2.75) is 19.9 Å². The third-order valence-corrected chi connectivity index (χ3v) is 6.48. The van der Waals surface area contributed by atoms with Gasteiger partial charge in [0.1, 0.15) is 11.5 Å². The molecule has 7 nitrogen and oxygen atoms in total. The van der Waals surface area contributed by atoms with E-state index in [9.17, 15) is 0 Å². The molecule has 1 aliphatic heterocycles. The number of aryl methyl sites for hydroxylation is 1. The molecule has 0 spiro atoms. The summed E-state index contributed by atoms with van der Waals surface area (Å²) in [5.74, 6) is 2.39. The molecule has 0 radical (unpaired) electrons. The lowest BCUT2D eigenvalue weighted by Crippen LogP contribution is -2.46. The minimum atomic E-state index is -0.289. The van der Waals surface area contributed by atoms with Crippen LogP contribution in [0.2, 0.25) is 0 Å². The highest BCUT2D eigenvalue weighted by molar-refractivity contribution is 7.80. The second-order valence-corrected chi connectivity index (χ2v) is 8.87. The van der Waals surface area contributed by atoms with Gasteiger partial charge in [0.25, 0.3) is 5.89 Å². The lowest BCUT2D eigenvalue weighted by atomic mass is 9.94. The van der Waals surface area contributed by atoms with E-state index in [-0.39, 0.29) is 6.04 Å². The number of nitrogens with zero attached hydrogens (tertiary/aromatic N) is 3. The number of ether oxygens (including phenoxy) is 2. The topological polar surface area (TPSA) is 72.7 Å². The second kappa shape index (κ2) is 9.83. The van der Waals surface area contributed by atoms with E-state index >= 15 is 0 Å². The van der Waals surface area contributed by atoms with Crippen LogP contribution >= 0.6 is 12.2 Å². The molecule has 0 fully saturated rings. The predicted octanol–water partition coefficient (Wildman–Crippen LogP) is 5.93. The van der Waals surface area contributed by atoms with Crippen LogP contribution in [0.4, 0.5) is 5.69 Å². The lowest BCUT2D eigenvalue weighted by molar-refractivity contribution is 0.403. The van der Waals surface area contributed by atoms with Crippen LogP contribution in [0.1, 0.15) is 30.0 Å². The standard InChI is InChI=1S/C28H26N4O3S/c1-17-7-5-9-21(15-17)32-18(2)24(25(29-28(32)36)19-11-13-22(33-3)14-12-19)27-30-26(31-35-27)20-8-6-10-23(16-20)34-4/h5-16,25H,1-4H3,(H,29,36). The van der Waals surface area contributed by atoms with E-state index in [2.05, 4.69) is 29.5 Å². The Kier molecular flexibility index (Phi) is 6.43. The van der Waals surface area contributed by atoms with Crippen molar-refractivity contribution in [2.75, 3.05) is 19.1 Å². The van der Waals surface area contributed by atoms with Gasteiger partial charge in [-0.1, -0.05) is 41.6 Å². The number of aromatic nitrogens is 2. The summed E-state index contributed by atoms with van der Waals surface area (Å²) in [6.45, 7) is 4.08. The molecule has 1 unspecified atom stereocenters. The molecule has 4 aromatic rings. The van der Waals surface area contributed by atoms with Gasteiger partial charge in [0.2, 0.25) is 5.82 Å². The van der Waals surface area contributed by atoms with Gasteiger partial charge >= 0.3 is 0 Å². The molecule has 5 rings (SSSR count). The van der Waals surface area contributed by atoms with Crippen LogP contribution in [-0.2, 0) is 0 Å². The Morgan fingerprint density at radius 2 is 1.67 bits per heavy atom. The number of rotatable bonds is 6. The zero-order valence-electron chi connectivity index (χ0n) is 20.5. The smallest absolute Gasteiger partial charge is 0.258 e. The summed E-state index contributed by atoms with van der Waals surface area (Å²) in [4.78, 5) is 6.79. The summed E-state index contributed by atoms with van der Waals surface area (Å²) in [6, 6.07) is 23.4. The first kappa shape index (κ1) is 23.6. The van der Waals surface area contributed by atoms with Gasteiger partial charge in [0.05, 0.1) is 25.8 Å². The first-order chi connectivity index (χ1) is 17.5. The first-order valence-corrected chi connectivity index (χ1v) is 11.9. The Labute approximate surface area is 215 Å². The normalized spacial score (nSPS) is 15.6. The zero-order chi connectivity index (χ0) is 25.2. The summed E-state index contributed by atoms with van der Waals surface area (Å²) < 4.78 is 16.6. The van der Waals surface area contributed by atoms with Crippen molar-refractivity contribution < 1.29 is 14.0 Å². The highest BCUT2D eigenvalue weighted by Crippen LogP contribution is 2.39. The Hall–Kier alpha value is -4.17. The maximum absolute atomic E-state index is 5.85. The van der Waals surface area contributed by atoms with Crippen LogP contribution in [0.5, 0.6) is 11.5 Å². The van der Waals surface area contributed by atoms with E-state index in [1.165, 1.54) is 0 Å². The Bertz CT molecular complexity index is 1450. The van der Waals surface area contributed by atoms with Crippen molar-refractivity contribution >= 4 is 28.6 Å². The van der Waals surface area contributed by atoms with Crippen molar-refractivity contribution in [1.29, 1.82) is 0 Å². The number of hydrogen-bond acceptors (Lipinski definition) is 6. The maximum atomic E-state index is 5.85. The summed E-state index contributed by atoms with van der Waals surface area (Å²) in [7, 11) is 3.28. The quantitative estimate of drug-likeness (QED) is 0.328. The fraction of sp³-hybridized carbons (Fsp3) is 0.179. The maximum Gasteiger partial charge on any atom is 0.258 e. The van der Waals surface area contributed by atoms with Crippen LogP contribution in [0.3, 0.4) is 0 Å². The van der Waals surface area contributed by atoms with Crippen LogP contribution in [0.25, 0.3) is 17.0 Å². The van der Waals surface area contributed by atoms with E-state index < -0.39 is 0 Å². The number of thiocarbonyl (C=S) groups is 1. The van der Waals surface area contributed by atoms with E-state index in [0.717, 1.165) is 45.1 Å². The summed E-state index contributed by atoms with van der Waals surface area (Å²) in [6.07, 6.45) is 0. The van der Waals surface area contributed by atoms with Gasteiger partial charge in [0, 0.05) is 16.9 Å². The highest BCUT2D eigenvalue weighted by atomic mass is 32.1. The minimum absolute atomic E-state index is 0.289. The Morgan fingerprint density at radius 1 is 0.917 bits per heavy atom. The molecule has 36 heavy (non-hydrogen) atoms. The predicted molar refractivity (Wildman–Crippen MR) is 144 cm³/mol. The number of hydrogen-bond donors (Lipinski definition) is 1. The van der Waals surface area contributed by atoms with Crippen LogP contribution in [0, 0.1) is 6.92 Å². The first-order valence-electron chi connectivity index (χ1n) is 11.5. The van der Waals surface area contributed by atoms with Crippen molar-refractivity contribution in [3.05, 3.63) is 95.5 Å². The molecule has 0 aliphatic carbocycles. The van der Waals surface area contributed by atoms with Gasteiger partial charge in [-0.15, -0.1) is 0 Å². The molecule has 3 aromatic carbocycles. The molecule has 1 N–H and O–H groups in total. The molecule has 2 heterocycles. The average molecular weight is 499 g/mol. The van der Waals surface area contributed by atoms with Gasteiger partial charge in [-0.25, -0.2) is 0 Å². The van der Waals surface area contributed by atoms with Gasteiger partial charge in [0.15, 0.2) is 5.11 Å². The second-order valence-electron chi connectivity index (χ2n) is 8.48. The fourth-order valence-corrected chi connectivity index (χ4v) is 4.72. The van der Waals surface area contributed by atoms with Gasteiger partial charge in [-0.2, -0.15) is 4.98 Å². The third kappa shape index (κ3) is 4.43. The zero-order valence-corrected chi connectivity index (χ0v) is 21.3. The van der Waals surface area contributed by atoms with Crippen LogP contribution in [-0.4, -0.2) is 29.5 Å². The van der Waals surface area contributed by atoms with Crippen LogP contribution < -0.4 is 19.7 Å². The molecule has 182 valence electrons. The van der Waals surface area contributed by atoms with E-state index in [0.29, 0.717) is 16.8 Å². The summed E-state index contributed by atoms with van der Waals surface area (Å²) >= 11 is 5.84. The number of allylic oxidation sites excluding steroid dienone is 1. The molecule has 8 heteroatoms. The molecular weight excluding hydrogens is 472 g/mol. The van der Waals surface area contributed by atoms with E-state index in [1.54, 1.807) is 14.2 Å². The van der Waals surface area contributed by atoms with Crippen molar-refractivity contribution in [3.63, 3.8) is 0 Å². The lowest BCUT2D eigenvalue weighted by Gasteiger charge is -2.37. The monoisotopic (exact) mass is 498 g/mol. The Morgan fingerprint density at radius 3 is 2.39 bits per heavy atom. The van der Waals surface area contributed by atoms with Crippen molar-refractivity contribution in [3.8, 4) is 22.9 Å². The SMILES string of the molecule is COc1ccc(C2NC(=S)N(c3cccc(C)c3)C(C)=C2c2nc(-c3cccc(OC)c3)no2)cc1. The largest absolute Gasteiger partial charge is 0.497 e. The molecule has 1 atom stereocenters. The van der Waals surface area contributed by atoms with E-state index in [1.807, 2.05) is 72.5 Å². The number of benzene rings is 3. The van der Waals surface area contributed by atoms with Gasteiger partial charge < -0.3 is 19.3 Å². The molecule has 0 saturated carbocycles. The molecule has 0 saturated heterocycles. The highest BCUT2D eigenvalue weighted by Gasteiger charge is 2.34. The van der Waals surface area contributed by atoms with E-state index in [4.69, 9.17) is 31.2 Å². The summed E-state index contributed by atoms with van der Waals surface area (Å²) in [5, 5.41) is 8.37. The third-order valence-electron chi connectivity index (χ3n) is 6.18. The molecule has 1 aromatic heterocycles. The van der Waals surface area contributed by atoms with Crippen molar-refractivity contribution in [2.24, 2.45) is 0 Å². The van der Waals surface area contributed by atoms with Crippen molar-refractivity contribution in [1.82, 2.24) is 15.5 Å². The molecule has 0 bridgehead atoms. The Balaban J connectivity index is 1.64. The molecule has 0 amide bonds. The number of nitrogens with one attached hydrogen (secondary N) is 1. The van der Waals surface area contributed by atoms with Gasteiger partial charge in [-0.05, 0) is 73.6 Å². The van der Waals surface area contributed by atoms with Crippen LogP contribution in [0.15, 0.2) is 83.0 Å². The average Bonchev–Trinajstić information content (AvgIpc) is 3.38. The molecular formula is C28H26N4O3S. The minimum Gasteiger partial charge on any atom is -0.497 e. The number of methoxy groups -OCH3 is 2. The fourth-order valence-electron chi connectivity index (χ4n) is 4.36. The summed E-state index contributed by atoms with van der Waals surface area (Å²) in [5.41, 5.74) is 5.65. The number of anilines is 1. The van der Waals surface area contributed by atoms with Gasteiger partial charge in [-0.3, -0.25) is 4.90 Å². The molecule has 1 aliphatic rings.